The van der Waals surface area contributed by atoms with Crippen molar-refractivity contribution in [3.05, 3.63) is 81.4 Å². The van der Waals surface area contributed by atoms with Crippen molar-refractivity contribution in [2.45, 2.75) is 6.42 Å². The summed E-state index contributed by atoms with van der Waals surface area (Å²) in [6.07, 6.45) is 2.29. The lowest BCUT2D eigenvalue weighted by molar-refractivity contribution is 0.927. The van der Waals surface area contributed by atoms with Crippen molar-refractivity contribution in [1.29, 1.82) is 0 Å². The third-order valence-corrected chi connectivity index (χ3v) is 4.08. The summed E-state index contributed by atoms with van der Waals surface area (Å²) in [6.45, 7) is 0. The molecule has 0 aliphatic heterocycles. The molecule has 0 unspecified atom stereocenters. The van der Waals surface area contributed by atoms with E-state index in [-0.39, 0.29) is 5.56 Å². The number of nitrogens with zero attached hydrogens (tertiary/aromatic N) is 2. The standard InChI is InChI=1S/C17H12ClN3O/c18-12-6-7-15-13(9-12)14(8-11-4-2-1-3-5-11)16-17(22)20-19-10-21(15)16/h1-7,9-10H,8H2,(H,20,22). The van der Waals surface area contributed by atoms with E-state index in [0.29, 0.717) is 17.0 Å². The van der Waals surface area contributed by atoms with Crippen LogP contribution < -0.4 is 5.56 Å². The number of rotatable bonds is 2. The van der Waals surface area contributed by atoms with Crippen LogP contribution in [0.15, 0.2) is 59.7 Å². The lowest BCUT2D eigenvalue weighted by atomic mass is 10.0. The van der Waals surface area contributed by atoms with Crippen molar-refractivity contribution in [3.8, 4) is 0 Å². The Morgan fingerprint density at radius 1 is 1.14 bits per heavy atom. The Kier molecular flexibility index (Phi) is 2.98. The zero-order valence-electron chi connectivity index (χ0n) is 11.6. The quantitative estimate of drug-likeness (QED) is 0.617. The van der Waals surface area contributed by atoms with Gasteiger partial charge in [-0.15, -0.1) is 0 Å². The number of nitrogens with one attached hydrogen (secondary N) is 1. The molecule has 0 fully saturated rings. The van der Waals surface area contributed by atoms with Gasteiger partial charge in [0.15, 0.2) is 0 Å². The van der Waals surface area contributed by atoms with Crippen molar-refractivity contribution in [2.75, 3.05) is 0 Å². The summed E-state index contributed by atoms with van der Waals surface area (Å²) in [7, 11) is 0. The summed E-state index contributed by atoms with van der Waals surface area (Å²) in [5.41, 5.74) is 3.47. The van der Waals surface area contributed by atoms with E-state index in [4.69, 9.17) is 11.6 Å². The molecule has 0 saturated carbocycles. The average Bonchev–Trinajstić information content (AvgIpc) is 2.83. The molecular formula is C17H12ClN3O. The summed E-state index contributed by atoms with van der Waals surface area (Å²) in [5, 5.41) is 8.05. The number of hydrogen-bond acceptors (Lipinski definition) is 2. The predicted molar refractivity (Wildman–Crippen MR) is 87.6 cm³/mol. The Morgan fingerprint density at radius 2 is 1.95 bits per heavy atom. The number of aromatic nitrogens is 3. The molecule has 0 bridgehead atoms. The number of H-pyrrole nitrogens is 1. The molecule has 108 valence electrons. The Morgan fingerprint density at radius 3 is 2.77 bits per heavy atom. The first kappa shape index (κ1) is 13.1. The minimum Gasteiger partial charge on any atom is -0.294 e. The normalized spacial score (nSPS) is 11.3. The first-order valence-electron chi connectivity index (χ1n) is 6.94. The number of fused-ring (bicyclic) bond motifs is 3. The molecule has 2 aromatic carbocycles. The smallest absolute Gasteiger partial charge is 0.288 e. The highest BCUT2D eigenvalue weighted by molar-refractivity contribution is 6.31. The molecule has 0 aliphatic rings. The first-order chi connectivity index (χ1) is 10.7. The van der Waals surface area contributed by atoms with Gasteiger partial charge >= 0.3 is 0 Å². The molecular weight excluding hydrogens is 298 g/mol. The van der Waals surface area contributed by atoms with Crippen LogP contribution in [0.3, 0.4) is 0 Å². The van der Waals surface area contributed by atoms with Gasteiger partial charge < -0.3 is 0 Å². The number of benzene rings is 2. The van der Waals surface area contributed by atoms with E-state index in [1.54, 1.807) is 6.33 Å². The topological polar surface area (TPSA) is 50.2 Å². The minimum atomic E-state index is -0.194. The van der Waals surface area contributed by atoms with Crippen molar-refractivity contribution in [2.24, 2.45) is 0 Å². The molecule has 2 aromatic heterocycles. The fraction of sp³-hybridized carbons (Fsp3) is 0.0588. The van der Waals surface area contributed by atoms with Gasteiger partial charge in [0.1, 0.15) is 11.8 Å². The van der Waals surface area contributed by atoms with E-state index in [0.717, 1.165) is 22.0 Å². The van der Waals surface area contributed by atoms with Crippen molar-refractivity contribution in [1.82, 2.24) is 14.6 Å². The van der Waals surface area contributed by atoms with E-state index in [1.165, 1.54) is 0 Å². The molecule has 4 aromatic rings. The number of aromatic amines is 1. The molecule has 5 heteroatoms. The van der Waals surface area contributed by atoms with Crippen molar-refractivity contribution >= 4 is 28.0 Å². The van der Waals surface area contributed by atoms with E-state index < -0.39 is 0 Å². The third kappa shape index (κ3) is 2.00. The zero-order valence-corrected chi connectivity index (χ0v) is 12.3. The minimum absolute atomic E-state index is 0.194. The van der Waals surface area contributed by atoms with Crippen molar-refractivity contribution in [3.63, 3.8) is 0 Å². The Hall–Kier alpha value is -2.59. The third-order valence-electron chi connectivity index (χ3n) is 3.85. The van der Waals surface area contributed by atoms with Crippen LogP contribution in [0.1, 0.15) is 11.1 Å². The van der Waals surface area contributed by atoms with Gasteiger partial charge in [-0.3, -0.25) is 9.20 Å². The molecule has 1 N–H and O–H groups in total. The molecule has 22 heavy (non-hydrogen) atoms. The second-order valence-corrected chi connectivity index (χ2v) is 5.64. The number of halogens is 1. The molecule has 2 heterocycles. The van der Waals surface area contributed by atoms with Crippen LogP contribution in [0.5, 0.6) is 0 Å². The largest absolute Gasteiger partial charge is 0.294 e. The lowest BCUT2D eigenvalue weighted by Gasteiger charge is -2.01. The fourth-order valence-electron chi connectivity index (χ4n) is 2.90. The maximum absolute atomic E-state index is 12.3. The Labute approximate surface area is 131 Å². The molecule has 4 nitrogen and oxygen atoms in total. The maximum atomic E-state index is 12.3. The monoisotopic (exact) mass is 309 g/mol. The van der Waals surface area contributed by atoms with Crippen LogP contribution in [0.4, 0.5) is 0 Å². The van der Waals surface area contributed by atoms with Gasteiger partial charge in [-0.25, -0.2) is 5.10 Å². The first-order valence-corrected chi connectivity index (χ1v) is 7.31. The van der Waals surface area contributed by atoms with Crippen LogP contribution >= 0.6 is 11.6 Å². The summed E-state index contributed by atoms with van der Waals surface area (Å²) >= 11 is 6.15. The van der Waals surface area contributed by atoms with Crippen LogP contribution in [0, 0.1) is 0 Å². The fourth-order valence-corrected chi connectivity index (χ4v) is 3.07. The van der Waals surface area contributed by atoms with E-state index in [9.17, 15) is 4.79 Å². The molecule has 0 aliphatic carbocycles. The van der Waals surface area contributed by atoms with Gasteiger partial charge in [0, 0.05) is 16.8 Å². The predicted octanol–water partition coefficient (Wildman–Crippen LogP) is 3.42. The van der Waals surface area contributed by atoms with E-state index >= 15 is 0 Å². The zero-order chi connectivity index (χ0) is 15.1. The van der Waals surface area contributed by atoms with Crippen LogP contribution in [0.25, 0.3) is 16.4 Å². The maximum Gasteiger partial charge on any atom is 0.288 e. The lowest BCUT2D eigenvalue weighted by Crippen LogP contribution is -2.12. The molecule has 0 saturated heterocycles. The molecule has 4 rings (SSSR count). The van der Waals surface area contributed by atoms with Crippen LogP contribution in [0.2, 0.25) is 5.02 Å². The second kappa shape index (κ2) is 5.00. The van der Waals surface area contributed by atoms with Gasteiger partial charge in [-0.2, -0.15) is 5.10 Å². The van der Waals surface area contributed by atoms with Crippen LogP contribution in [-0.2, 0) is 6.42 Å². The number of hydrogen-bond donors (Lipinski definition) is 1. The summed E-state index contributed by atoms with van der Waals surface area (Å²) in [5.74, 6) is 0. The summed E-state index contributed by atoms with van der Waals surface area (Å²) < 4.78 is 1.82. The Bertz CT molecular complexity index is 1030. The molecule has 0 atom stereocenters. The Balaban J connectivity index is 2.09. The summed E-state index contributed by atoms with van der Waals surface area (Å²) in [6, 6.07) is 15.7. The van der Waals surface area contributed by atoms with Gasteiger partial charge in [-0.05, 0) is 29.3 Å². The van der Waals surface area contributed by atoms with Crippen LogP contribution in [-0.4, -0.2) is 14.6 Å². The van der Waals surface area contributed by atoms with E-state index in [1.807, 2.05) is 40.8 Å². The van der Waals surface area contributed by atoms with Gasteiger partial charge in [0.2, 0.25) is 0 Å². The van der Waals surface area contributed by atoms with Gasteiger partial charge in [0.25, 0.3) is 5.56 Å². The van der Waals surface area contributed by atoms with E-state index in [2.05, 4.69) is 22.3 Å². The SMILES string of the molecule is O=c1[nH]ncn2c1c(Cc1ccccc1)c1cc(Cl)ccc12. The van der Waals surface area contributed by atoms with Crippen molar-refractivity contribution < 1.29 is 0 Å². The highest BCUT2D eigenvalue weighted by atomic mass is 35.5. The molecule has 0 radical (unpaired) electrons. The summed E-state index contributed by atoms with van der Waals surface area (Å²) in [4.78, 5) is 12.3. The van der Waals surface area contributed by atoms with Gasteiger partial charge in [0.05, 0.1) is 5.52 Å². The molecule has 0 spiro atoms. The highest BCUT2D eigenvalue weighted by Crippen LogP contribution is 2.29. The second-order valence-electron chi connectivity index (χ2n) is 5.21. The highest BCUT2D eigenvalue weighted by Gasteiger charge is 2.15. The molecule has 0 amide bonds. The van der Waals surface area contributed by atoms with Gasteiger partial charge in [-0.1, -0.05) is 41.9 Å². The average molecular weight is 310 g/mol.